The maximum absolute atomic E-state index is 5.39. The molecule has 1 atom stereocenters. The van der Waals surface area contributed by atoms with Gasteiger partial charge in [0.15, 0.2) is 5.82 Å². The summed E-state index contributed by atoms with van der Waals surface area (Å²) in [5.74, 6) is 2.36. The van der Waals surface area contributed by atoms with Gasteiger partial charge in [-0.05, 0) is 43.4 Å². The van der Waals surface area contributed by atoms with E-state index in [4.69, 9.17) is 4.74 Å². The third-order valence-corrected chi connectivity index (χ3v) is 4.89. The summed E-state index contributed by atoms with van der Waals surface area (Å²) in [6, 6.07) is 6.07. The van der Waals surface area contributed by atoms with Crippen molar-refractivity contribution in [2.45, 2.75) is 19.3 Å². The number of morpholine rings is 1. The Kier molecular flexibility index (Phi) is 5.01. The number of rotatable bonds is 4. The molecule has 4 heterocycles. The summed E-state index contributed by atoms with van der Waals surface area (Å²) in [7, 11) is 0. The Balaban J connectivity index is 1.36. The Morgan fingerprint density at radius 1 is 1.00 bits per heavy atom. The lowest BCUT2D eigenvalue weighted by Gasteiger charge is -2.32. The summed E-state index contributed by atoms with van der Waals surface area (Å²) < 4.78 is 5.39. The van der Waals surface area contributed by atoms with Gasteiger partial charge in [-0.1, -0.05) is 0 Å². The number of piperidine rings is 1. The monoisotopic (exact) mass is 340 g/mol. The average Bonchev–Trinajstić information content (AvgIpc) is 2.70. The molecule has 2 aromatic heterocycles. The molecule has 2 aromatic rings. The van der Waals surface area contributed by atoms with Crippen LogP contribution in [0.4, 0.5) is 11.8 Å². The number of aromatic nitrogens is 4. The summed E-state index contributed by atoms with van der Waals surface area (Å²) in [5, 5.41) is 8.89. The normalized spacial score (nSPS) is 21.4. The zero-order valence-electron chi connectivity index (χ0n) is 14.4. The second-order valence-corrected chi connectivity index (χ2v) is 6.69. The van der Waals surface area contributed by atoms with Gasteiger partial charge in [0.1, 0.15) is 0 Å². The highest BCUT2D eigenvalue weighted by Crippen LogP contribution is 2.23. The average molecular weight is 340 g/mol. The van der Waals surface area contributed by atoms with Gasteiger partial charge in [0.05, 0.1) is 18.9 Å². The molecule has 0 aromatic carbocycles. The summed E-state index contributed by atoms with van der Waals surface area (Å²) in [4.78, 5) is 13.3. The molecular weight excluding hydrogens is 316 g/mol. The first-order valence-electron chi connectivity index (χ1n) is 9.06. The van der Waals surface area contributed by atoms with Crippen molar-refractivity contribution < 1.29 is 4.74 Å². The van der Waals surface area contributed by atoms with Crippen molar-refractivity contribution in [3.8, 4) is 0 Å². The number of nitrogens with zero attached hydrogens (tertiary/aromatic N) is 6. The number of hydrogen-bond donors (Lipinski definition) is 0. The molecule has 25 heavy (non-hydrogen) atoms. The topological polar surface area (TPSA) is 67.3 Å². The maximum atomic E-state index is 5.39. The molecule has 0 N–H and O–H groups in total. The van der Waals surface area contributed by atoms with Gasteiger partial charge >= 0.3 is 0 Å². The first-order valence-corrected chi connectivity index (χ1v) is 9.06. The van der Waals surface area contributed by atoms with Crippen LogP contribution in [0, 0.1) is 5.92 Å². The van der Waals surface area contributed by atoms with E-state index < -0.39 is 0 Å². The van der Waals surface area contributed by atoms with Crippen LogP contribution in [0.3, 0.4) is 0 Å². The first-order chi connectivity index (χ1) is 12.4. The Bertz CT molecular complexity index is 659. The highest BCUT2D eigenvalue weighted by Gasteiger charge is 2.22. The zero-order valence-corrected chi connectivity index (χ0v) is 14.4. The van der Waals surface area contributed by atoms with Crippen molar-refractivity contribution in [2.75, 3.05) is 49.2 Å². The molecule has 132 valence electrons. The van der Waals surface area contributed by atoms with Crippen LogP contribution in [0.2, 0.25) is 0 Å². The number of anilines is 2. The van der Waals surface area contributed by atoms with Gasteiger partial charge in [-0.15, -0.1) is 5.10 Å². The fourth-order valence-electron chi connectivity index (χ4n) is 3.59. The van der Waals surface area contributed by atoms with Crippen molar-refractivity contribution in [1.29, 1.82) is 0 Å². The van der Waals surface area contributed by atoms with Crippen LogP contribution in [0.1, 0.15) is 18.5 Å². The second-order valence-electron chi connectivity index (χ2n) is 6.69. The zero-order chi connectivity index (χ0) is 16.9. The molecule has 7 heteroatoms. The van der Waals surface area contributed by atoms with Crippen molar-refractivity contribution in [3.63, 3.8) is 0 Å². The Hall–Kier alpha value is -2.28. The SMILES string of the molecule is c1cnc(N2CCC[C@H](Cc3ccc(N4CCOCC4)nn3)C2)nc1. The minimum Gasteiger partial charge on any atom is -0.378 e. The predicted molar refractivity (Wildman–Crippen MR) is 95.7 cm³/mol. The summed E-state index contributed by atoms with van der Waals surface area (Å²) in [5.41, 5.74) is 1.07. The van der Waals surface area contributed by atoms with Crippen LogP contribution in [0.15, 0.2) is 30.6 Å². The Morgan fingerprint density at radius 3 is 2.60 bits per heavy atom. The van der Waals surface area contributed by atoms with Gasteiger partial charge in [-0.2, -0.15) is 5.10 Å². The standard InChI is InChI=1S/C18H24N6O/c1-3-15(14-24(8-1)18-19-6-2-7-20-18)13-16-4-5-17(22-21-16)23-9-11-25-12-10-23/h2,4-7,15H,1,3,8-14H2/t15-/m1/s1. The molecule has 2 saturated heterocycles. The van der Waals surface area contributed by atoms with Crippen LogP contribution in [0.5, 0.6) is 0 Å². The van der Waals surface area contributed by atoms with Crippen molar-refractivity contribution >= 4 is 11.8 Å². The summed E-state index contributed by atoms with van der Waals surface area (Å²) in [6.45, 7) is 5.33. The quantitative estimate of drug-likeness (QED) is 0.837. The first kappa shape index (κ1) is 16.2. The smallest absolute Gasteiger partial charge is 0.225 e. The third kappa shape index (κ3) is 4.04. The van der Waals surface area contributed by atoms with Gasteiger partial charge in [0.25, 0.3) is 0 Å². The lowest BCUT2D eigenvalue weighted by molar-refractivity contribution is 0.122. The van der Waals surface area contributed by atoms with Crippen molar-refractivity contribution in [3.05, 3.63) is 36.3 Å². The van der Waals surface area contributed by atoms with Gasteiger partial charge in [-0.3, -0.25) is 0 Å². The van der Waals surface area contributed by atoms with E-state index in [-0.39, 0.29) is 0 Å². The van der Waals surface area contributed by atoms with E-state index in [0.29, 0.717) is 5.92 Å². The van der Waals surface area contributed by atoms with E-state index in [2.05, 4.69) is 42.1 Å². The molecule has 0 radical (unpaired) electrons. The molecule has 4 rings (SSSR count). The lowest BCUT2D eigenvalue weighted by atomic mass is 9.93. The number of hydrogen-bond acceptors (Lipinski definition) is 7. The highest BCUT2D eigenvalue weighted by molar-refractivity contribution is 5.37. The number of ether oxygens (including phenoxy) is 1. The van der Waals surface area contributed by atoms with E-state index in [9.17, 15) is 0 Å². The van der Waals surface area contributed by atoms with Crippen LogP contribution in [0.25, 0.3) is 0 Å². The molecule has 7 nitrogen and oxygen atoms in total. The summed E-state index contributed by atoms with van der Waals surface area (Å²) >= 11 is 0. The van der Waals surface area contributed by atoms with E-state index >= 15 is 0 Å². The maximum Gasteiger partial charge on any atom is 0.225 e. The molecule has 0 saturated carbocycles. The van der Waals surface area contributed by atoms with Crippen molar-refractivity contribution in [2.24, 2.45) is 5.92 Å². The second kappa shape index (κ2) is 7.74. The van der Waals surface area contributed by atoms with E-state index in [1.807, 2.05) is 18.5 Å². The van der Waals surface area contributed by atoms with E-state index in [1.54, 1.807) is 0 Å². The summed E-state index contributed by atoms with van der Waals surface area (Å²) in [6.07, 6.45) is 6.96. The van der Waals surface area contributed by atoms with Crippen LogP contribution < -0.4 is 9.80 Å². The highest BCUT2D eigenvalue weighted by atomic mass is 16.5. The molecule has 0 amide bonds. The molecule has 2 aliphatic rings. The molecule has 2 aliphatic heterocycles. The molecule has 0 unspecified atom stereocenters. The fraction of sp³-hybridized carbons (Fsp3) is 0.556. The third-order valence-electron chi connectivity index (χ3n) is 4.89. The predicted octanol–water partition coefficient (Wildman–Crippen LogP) is 1.56. The minimum absolute atomic E-state index is 0.570. The Morgan fingerprint density at radius 2 is 1.84 bits per heavy atom. The Labute approximate surface area is 148 Å². The van der Waals surface area contributed by atoms with Gasteiger partial charge < -0.3 is 14.5 Å². The molecule has 0 spiro atoms. The van der Waals surface area contributed by atoms with Gasteiger partial charge in [-0.25, -0.2) is 9.97 Å². The largest absolute Gasteiger partial charge is 0.378 e. The van der Waals surface area contributed by atoms with Crippen LogP contribution >= 0.6 is 0 Å². The van der Waals surface area contributed by atoms with Crippen LogP contribution in [-0.2, 0) is 11.2 Å². The van der Waals surface area contributed by atoms with Gasteiger partial charge in [0, 0.05) is 38.6 Å². The van der Waals surface area contributed by atoms with Crippen molar-refractivity contribution in [1.82, 2.24) is 20.2 Å². The molecule has 0 aliphatic carbocycles. The van der Waals surface area contributed by atoms with Gasteiger partial charge in [0.2, 0.25) is 5.95 Å². The fourth-order valence-corrected chi connectivity index (χ4v) is 3.59. The van der Waals surface area contributed by atoms with E-state index in [1.165, 1.54) is 12.8 Å². The van der Waals surface area contributed by atoms with E-state index in [0.717, 1.165) is 63.3 Å². The minimum atomic E-state index is 0.570. The molecular formula is C18H24N6O. The van der Waals surface area contributed by atoms with Crippen LogP contribution in [-0.4, -0.2) is 59.6 Å². The lowest BCUT2D eigenvalue weighted by Crippen LogP contribution is -2.37. The molecule has 0 bridgehead atoms. The molecule has 2 fully saturated rings.